The van der Waals surface area contributed by atoms with E-state index < -0.39 is 5.54 Å². The Morgan fingerprint density at radius 2 is 1.79 bits per heavy atom. The molecule has 8 nitrogen and oxygen atoms in total. The molecule has 0 saturated heterocycles. The summed E-state index contributed by atoms with van der Waals surface area (Å²) in [7, 11) is 0. The molecule has 1 aliphatic rings. The van der Waals surface area contributed by atoms with Crippen molar-refractivity contribution >= 4 is 40.7 Å². The number of rotatable bonds is 5. The standard InChI is InChI=1S/C24H24ClN5O3/c1-15-12-21-22(32)30(20-10-8-19(9-11-20)27-16(2)31)24(3,14-29(21)28-15)23(33)26-13-17-4-6-18(25)7-5-17/h4-12H,13-14H2,1-3H3,(H,26,33)(H,27,31)/t24-/m1/s1. The van der Waals surface area contributed by atoms with Crippen LogP contribution >= 0.6 is 11.6 Å². The van der Waals surface area contributed by atoms with Gasteiger partial charge in [-0.25, -0.2) is 0 Å². The minimum absolute atomic E-state index is 0.192. The first-order valence-corrected chi connectivity index (χ1v) is 10.8. The molecule has 0 unspecified atom stereocenters. The number of hydrogen-bond donors (Lipinski definition) is 2. The predicted molar refractivity (Wildman–Crippen MR) is 126 cm³/mol. The first-order valence-electron chi connectivity index (χ1n) is 10.5. The van der Waals surface area contributed by atoms with Crippen molar-refractivity contribution < 1.29 is 14.4 Å². The third-order valence-electron chi connectivity index (χ3n) is 5.58. The van der Waals surface area contributed by atoms with E-state index in [1.54, 1.807) is 54.1 Å². The van der Waals surface area contributed by atoms with Gasteiger partial charge in [0.05, 0.1) is 12.2 Å². The summed E-state index contributed by atoms with van der Waals surface area (Å²) in [6.07, 6.45) is 0. The lowest BCUT2D eigenvalue weighted by atomic mass is 9.93. The van der Waals surface area contributed by atoms with Crippen molar-refractivity contribution in [3.8, 4) is 0 Å². The summed E-state index contributed by atoms with van der Waals surface area (Å²) in [5, 5.41) is 10.7. The SMILES string of the molecule is CC(=O)Nc1ccc(N2C(=O)c3cc(C)nn3C[C@]2(C)C(=O)NCc2ccc(Cl)cc2)cc1. The quantitative estimate of drug-likeness (QED) is 0.602. The van der Waals surface area contributed by atoms with Crippen molar-refractivity contribution in [3.05, 3.63) is 76.6 Å². The molecule has 1 aliphatic heterocycles. The fourth-order valence-electron chi connectivity index (χ4n) is 3.99. The van der Waals surface area contributed by atoms with E-state index in [9.17, 15) is 14.4 Å². The Hall–Kier alpha value is -3.65. The summed E-state index contributed by atoms with van der Waals surface area (Å²) in [6.45, 7) is 5.45. The van der Waals surface area contributed by atoms with Crippen molar-refractivity contribution in [2.45, 2.75) is 39.4 Å². The molecule has 2 aromatic carbocycles. The molecule has 0 aliphatic carbocycles. The first-order chi connectivity index (χ1) is 15.7. The molecule has 0 spiro atoms. The van der Waals surface area contributed by atoms with Crippen LogP contribution < -0.4 is 15.5 Å². The van der Waals surface area contributed by atoms with E-state index in [4.69, 9.17) is 11.6 Å². The van der Waals surface area contributed by atoms with Gasteiger partial charge in [0.15, 0.2) is 0 Å². The summed E-state index contributed by atoms with van der Waals surface area (Å²) in [5.41, 5.74) is 1.92. The highest BCUT2D eigenvalue weighted by Crippen LogP contribution is 2.33. The van der Waals surface area contributed by atoms with Crippen LogP contribution in [0.25, 0.3) is 0 Å². The predicted octanol–water partition coefficient (Wildman–Crippen LogP) is 3.54. The molecule has 3 amide bonds. The zero-order valence-electron chi connectivity index (χ0n) is 18.6. The molecular weight excluding hydrogens is 442 g/mol. The number of fused-ring (bicyclic) bond motifs is 1. The number of aromatic nitrogens is 2. The topological polar surface area (TPSA) is 96.3 Å². The van der Waals surface area contributed by atoms with Gasteiger partial charge in [0.1, 0.15) is 11.2 Å². The second-order valence-corrected chi connectivity index (χ2v) is 8.72. The molecule has 0 saturated carbocycles. The monoisotopic (exact) mass is 465 g/mol. The fraction of sp³-hybridized carbons (Fsp3) is 0.250. The zero-order valence-corrected chi connectivity index (χ0v) is 19.3. The highest BCUT2D eigenvalue weighted by Gasteiger charge is 2.48. The van der Waals surface area contributed by atoms with Crippen LogP contribution in [-0.2, 0) is 22.7 Å². The number of carbonyl (C=O) groups is 3. The molecule has 3 aromatic rings. The zero-order chi connectivity index (χ0) is 23.8. The van der Waals surface area contributed by atoms with Gasteiger partial charge in [-0.15, -0.1) is 0 Å². The smallest absolute Gasteiger partial charge is 0.277 e. The number of anilines is 2. The Morgan fingerprint density at radius 3 is 2.42 bits per heavy atom. The van der Waals surface area contributed by atoms with E-state index in [2.05, 4.69) is 15.7 Å². The Labute approximate surface area is 196 Å². The van der Waals surface area contributed by atoms with Crippen LogP contribution in [0.15, 0.2) is 54.6 Å². The Bertz CT molecular complexity index is 1220. The lowest BCUT2D eigenvalue weighted by Gasteiger charge is -2.43. The number of halogens is 1. The number of hydrogen-bond acceptors (Lipinski definition) is 4. The minimum Gasteiger partial charge on any atom is -0.350 e. The van der Waals surface area contributed by atoms with Crippen LogP contribution in [0.2, 0.25) is 5.02 Å². The summed E-state index contributed by atoms with van der Waals surface area (Å²) >= 11 is 5.95. The van der Waals surface area contributed by atoms with E-state index in [-0.39, 0.29) is 24.3 Å². The van der Waals surface area contributed by atoms with E-state index in [0.717, 1.165) is 5.56 Å². The Kier molecular flexibility index (Phi) is 5.95. The molecule has 1 aromatic heterocycles. The lowest BCUT2D eigenvalue weighted by Crippen LogP contribution is -2.64. The highest BCUT2D eigenvalue weighted by atomic mass is 35.5. The van der Waals surface area contributed by atoms with Gasteiger partial charge in [-0.1, -0.05) is 23.7 Å². The molecular formula is C24H24ClN5O3. The summed E-state index contributed by atoms with van der Waals surface area (Å²) in [6, 6.07) is 15.7. The summed E-state index contributed by atoms with van der Waals surface area (Å²) in [4.78, 5) is 39.9. The maximum absolute atomic E-state index is 13.5. The molecule has 170 valence electrons. The van der Waals surface area contributed by atoms with Crippen LogP contribution in [0.4, 0.5) is 11.4 Å². The number of nitrogens with zero attached hydrogens (tertiary/aromatic N) is 3. The third-order valence-corrected chi connectivity index (χ3v) is 5.83. The van der Waals surface area contributed by atoms with Crippen molar-refractivity contribution in [1.82, 2.24) is 15.1 Å². The van der Waals surface area contributed by atoms with Crippen LogP contribution in [0.1, 0.15) is 35.6 Å². The van der Waals surface area contributed by atoms with Gasteiger partial charge in [-0.3, -0.25) is 24.0 Å². The maximum Gasteiger partial charge on any atom is 0.277 e. The molecule has 0 bridgehead atoms. The van der Waals surface area contributed by atoms with Gasteiger partial charge in [0, 0.05) is 29.9 Å². The molecule has 2 N–H and O–H groups in total. The molecule has 9 heteroatoms. The summed E-state index contributed by atoms with van der Waals surface area (Å²) in [5.74, 6) is -0.823. The number of benzene rings is 2. The average Bonchev–Trinajstić information content (AvgIpc) is 3.14. The van der Waals surface area contributed by atoms with Crippen molar-refractivity contribution in [1.29, 1.82) is 0 Å². The average molecular weight is 466 g/mol. The molecule has 0 fully saturated rings. The summed E-state index contributed by atoms with van der Waals surface area (Å²) < 4.78 is 1.59. The van der Waals surface area contributed by atoms with Crippen LogP contribution in [0, 0.1) is 6.92 Å². The fourth-order valence-corrected chi connectivity index (χ4v) is 4.11. The number of nitrogens with one attached hydrogen (secondary N) is 2. The van der Waals surface area contributed by atoms with E-state index in [0.29, 0.717) is 34.3 Å². The minimum atomic E-state index is -1.23. The molecule has 4 rings (SSSR count). The van der Waals surface area contributed by atoms with E-state index in [1.165, 1.54) is 11.8 Å². The number of amides is 3. The van der Waals surface area contributed by atoms with Crippen LogP contribution in [0.5, 0.6) is 0 Å². The maximum atomic E-state index is 13.5. The second-order valence-electron chi connectivity index (χ2n) is 8.28. The number of aryl methyl sites for hydroxylation is 1. The van der Waals surface area contributed by atoms with Crippen molar-refractivity contribution in [2.24, 2.45) is 0 Å². The Morgan fingerprint density at radius 1 is 1.12 bits per heavy atom. The second kappa shape index (κ2) is 8.71. The van der Waals surface area contributed by atoms with Gasteiger partial charge in [-0.2, -0.15) is 5.10 Å². The Balaban J connectivity index is 1.67. The van der Waals surface area contributed by atoms with E-state index in [1.807, 2.05) is 19.1 Å². The largest absolute Gasteiger partial charge is 0.350 e. The van der Waals surface area contributed by atoms with Gasteiger partial charge >= 0.3 is 0 Å². The van der Waals surface area contributed by atoms with Gasteiger partial charge < -0.3 is 10.6 Å². The molecule has 1 atom stereocenters. The van der Waals surface area contributed by atoms with Crippen molar-refractivity contribution in [2.75, 3.05) is 10.2 Å². The van der Waals surface area contributed by atoms with Gasteiger partial charge in [0.25, 0.3) is 5.91 Å². The normalized spacial score (nSPS) is 17.5. The lowest BCUT2D eigenvalue weighted by molar-refractivity contribution is -0.126. The highest BCUT2D eigenvalue weighted by molar-refractivity contribution is 6.30. The molecule has 2 heterocycles. The molecule has 0 radical (unpaired) electrons. The first kappa shape index (κ1) is 22.5. The van der Waals surface area contributed by atoms with E-state index >= 15 is 0 Å². The van der Waals surface area contributed by atoms with Gasteiger partial charge in [0.2, 0.25) is 11.8 Å². The van der Waals surface area contributed by atoms with Gasteiger partial charge in [-0.05, 0) is 61.9 Å². The number of carbonyl (C=O) groups excluding carboxylic acids is 3. The van der Waals surface area contributed by atoms with Crippen LogP contribution in [-0.4, -0.2) is 33.0 Å². The molecule has 33 heavy (non-hydrogen) atoms. The van der Waals surface area contributed by atoms with Crippen molar-refractivity contribution in [3.63, 3.8) is 0 Å². The van der Waals surface area contributed by atoms with Crippen LogP contribution in [0.3, 0.4) is 0 Å². The third kappa shape index (κ3) is 4.47.